The van der Waals surface area contributed by atoms with Crippen molar-refractivity contribution in [2.45, 2.75) is 222 Å². The third-order valence-corrected chi connectivity index (χ3v) is 15.9. The second-order valence-electron chi connectivity index (χ2n) is 18.7. The number of carbonyl (C=O) groups is 2. The first-order chi connectivity index (χ1) is 23.4. The van der Waals surface area contributed by atoms with E-state index in [4.69, 9.17) is 9.47 Å². The second kappa shape index (κ2) is 14.3. The average Bonchev–Trinajstić information content (AvgIpc) is 3.76. The maximum atomic E-state index is 14.2. The molecule has 6 nitrogen and oxygen atoms in total. The molecule has 0 radical (unpaired) electrons. The number of hydrogen-bond acceptors (Lipinski definition) is 4. The molecule has 0 aromatic rings. The monoisotopic (exact) mass is 665 g/mol. The summed E-state index contributed by atoms with van der Waals surface area (Å²) in [5.74, 6) is 3.99. The molecule has 0 heterocycles. The molecule has 0 aromatic heterocycles. The molecule has 9 saturated carbocycles. The molecule has 6 heteroatoms. The van der Waals surface area contributed by atoms with Crippen molar-refractivity contribution in [2.75, 3.05) is 0 Å². The van der Waals surface area contributed by atoms with Crippen LogP contribution in [0.25, 0.3) is 0 Å². The largest absolute Gasteiger partial charge is 0.443 e. The molecule has 2 amide bonds. The highest BCUT2D eigenvalue weighted by Crippen LogP contribution is 2.61. The first-order valence-electron chi connectivity index (χ1n) is 21.5. The van der Waals surface area contributed by atoms with Gasteiger partial charge in [-0.2, -0.15) is 0 Å². The van der Waals surface area contributed by atoms with Gasteiger partial charge in [0.25, 0.3) is 0 Å². The smallest absolute Gasteiger partial charge is 0.410 e. The zero-order valence-corrected chi connectivity index (χ0v) is 30.5. The SMILES string of the molecule is CCC1(OC(=O)N(C2CCCCC2)C2CCC(C3CCC(N(C(=O)OC45CC6CC(C4)C(C6)C5)C4CCCCC4)CC3)CC2)CCCC1. The lowest BCUT2D eigenvalue weighted by molar-refractivity contribution is -0.0595. The summed E-state index contributed by atoms with van der Waals surface area (Å²) in [6.07, 6.45) is 33.6. The van der Waals surface area contributed by atoms with Crippen molar-refractivity contribution in [3.8, 4) is 0 Å². The van der Waals surface area contributed by atoms with Gasteiger partial charge in [-0.05, 0) is 171 Å². The molecule has 48 heavy (non-hydrogen) atoms. The van der Waals surface area contributed by atoms with Gasteiger partial charge in [0.05, 0.1) is 0 Å². The Morgan fingerprint density at radius 2 is 0.958 bits per heavy atom. The van der Waals surface area contributed by atoms with E-state index in [1.54, 1.807) is 0 Å². The predicted molar refractivity (Wildman–Crippen MR) is 190 cm³/mol. The Morgan fingerprint density at radius 3 is 1.40 bits per heavy atom. The highest BCUT2D eigenvalue weighted by molar-refractivity contribution is 5.70. The predicted octanol–water partition coefficient (Wildman–Crippen LogP) is 10.9. The van der Waals surface area contributed by atoms with Crippen LogP contribution < -0.4 is 0 Å². The number of amides is 2. The topological polar surface area (TPSA) is 59.1 Å². The van der Waals surface area contributed by atoms with Gasteiger partial charge in [0.1, 0.15) is 11.2 Å². The summed E-state index contributed by atoms with van der Waals surface area (Å²) < 4.78 is 13.2. The van der Waals surface area contributed by atoms with E-state index >= 15 is 0 Å². The molecular weight excluding hydrogens is 596 g/mol. The summed E-state index contributed by atoms with van der Waals surface area (Å²) in [5.41, 5.74) is -0.351. The van der Waals surface area contributed by atoms with Crippen LogP contribution in [0, 0.1) is 29.6 Å². The lowest BCUT2D eigenvalue weighted by Crippen LogP contribution is -2.53. The van der Waals surface area contributed by atoms with E-state index in [1.165, 1.54) is 103 Å². The molecule has 0 N–H and O–H groups in total. The Kier molecular flexibility index (Phi) is 10.0. The van der Waals surface area contributed by atoms with E-state index in [1.807, 2.05) is 0 Å². The van der Waals surface area contributed by atoms with Gasteiger partial charge in [0, 0.05) is 24.2 Å². The van der Waals surface area contributed by atoms with E-state index in [0.29, 0.717) is 24.2 Å². The van der Waals surface area contributed by atoms with Crippen LogP contribution in [0.4, 0.5) is 9.59 Å². The highest BCUT2D eigenvalue weighted by atomic mass is 16.6. The lowest BCUT2D eigenvalue weighted by Gasteiger charge is -2.47. The first-order valence-corrected chi connectivity index (χ1v) is 21.5. The summed E-state index contributed by atoms with van der Waals surface area (Å²) in [6, 6.07) is 1.47. The van der Waals surface area contributed by atoms with Crippen LogP contribution in [-0.2, 0) is 9.47 Å². The summed E-state index contributed by atoms with van der Waals surface area (Å²) in [6.45, 7) is 2.21. The van der Waals surface area contributed by atoms with Gasteiger partial charge in [-0.25, -0.2) is 9.59 Å². The normalized spacial score (nSPS) is 39.7. The van der Waals surface area contributed by atoms with Gasteiger partial charge < -0.3 is 19.3 Å². The van der Waals surface area contributed by atoms with Crippen LogP contribution in [-0.4, -0.2) is 57.4 Å². The first kappa shape index (κ1) is 33.7. The van der Waals surface area contributed by atoms with Crippen molar-refractivity contribution >= 4 is 12.2 Å². The van der Waals surface area contributed by atoms with Crippen LogP contribution in [0.15, 0.2) is 0 Å². The molecule has 4 bridgehead atoms. The fourth-order valence-corrected chi connectivity index (χ4v) is 13.5. The zero-order chi connectivity index (χ0) is 32.7. The molecule has 2 unspecified atom stereocenters. The van der Waals surface area contributed by atoms with E-state index in [2.05, 4.69) is 16.7 Å². The maximum Gasteiger partial charge on any atom is 0.410 e. The Labute approximate surface area is 292 Å². The second-order valence-corrected chi connectivity index (χ2v) is 18.7. The lowest BCUT2D eigenvalue weighted by atomic mass is 9.71. The molecule has 9 aliphatic carbocycles. The molecule has 9 aliphatic rings. The van der Waals surface area contributed by atoms with E-state index in [9.17, 15) is 9.59 Å². The zero-order valence-electron chi connectivity index (χ0n) is 30.5. The van der Waals surface area contributed by atoms with Gasteiger partial charge in [-0.15, -0.1) is 0 Å². The molecule has 270 valence electrons. The van der Waals surface area contributed by atoms with Crippen molar-refractivity contribution in [2.24, 2.45) is 29.6 Å². The maximum absolute atomic E-state index is 14.2. The van der Waals surface area contributed by atoms with Crippen molar-refractivity contribution in [3.05, 3.63) is 0 Å². The van der Waals surface area contributed by atoms with Crippen molar-refractivity contribution in [1.82, 2.24) is 9.80 Å². The van der Waals surface area contributed by atoms with Crippen LogP contribution in [0.5, 0.6) is 0 Å². The van der Waals surface area contributed by atoms with Crippen LogP contribution in [0.2, 0.25) is 0 Å². The molecule has 0 spiro atoms. The summed E-state index contributed by atoms with van der Waals surface area (Å²) in [4.78, 5) is 32.8. The van der Waals surface area contributed by atoms with Crippen molar-refractivity contribution in [1.29, 1.82) is 0 Å². The standard InChI is InChI=1S/C42H68N2O4/c1-2-41(23-9-10-24-41)47-39(45)43(35-11-5-3-6-12-35)37-19-15-31(16-20-37)32-17-21-38(22-18-32)44(36-13-7-4-8-14-36)40(46)48-42-27-30-25-33(28-42)34(26-30)29-42/h30-38H,2-29H2,1H3. The van der Waals surface area contributed by atoms with Crippen LogP contribution >= 0.6 is 0 Å². The third-order valence-electron chi connectivity index (χ3n) is 15.9. The molecule has 2 atom stereocenters. The Hall–Kier alpha value is -1.46. The van der Waals surface area contributed by atoms with Crippen LogP contribution in [0.3, 0.4) is 0 Å². The van der Waals surface area contributed by atoms with E-state index in [-0.39, 0.29) is 23.4 Å². The van der Waals surface area contributed by atoms with Gasteiger partial charge in [-0.1, -0.05) is 45.4 Å². The van der Waals surface area contributed by atoms with Gasteiger partial charge in [0.15, 0.2) is 0 Å². The number of nitrogens with zero attached hydrogens (tertiary/aromatic N) is 2. The molecule has 0 aliphatic heterocycles. The summed E-state index contributed by atoms with van der Waals surface area (Å²) in [5, 5.41) is 0. The minimum Gasteiger partial charge on any atom is -0.443 e. The molecule has 9 rings (SSSR count). The Morgan fingerprint density at radius 1 is 0.521 bits per heavy atom. The van der Waals surface area contributed by atoms with Crippen LogP contribution in [0.1, 0.15) is 187 Å². The Balaban J connectivity index is 0.876. The van der Waals surface area contributed by atoms with Gasteiger partial charge >= 0.3 is 12.2 Å². The fraction of sp³-hybridized carbons (Fsp3) is 0.952. The van der Waals surface area contributed by atoms with Gasteiger partial charge in [0.2, 0.25) is 0 Å². The highest BCUT2D eigenvalue weighted by Gasteiger charge is 2.58. The van der Waals surface area contributed by atoms with Crippen molar-refractivity contribution in [3.63, 3.8) is 0 Å². The number of ether oxygens (including phenoxy) is 2. The average molecular weight is 665 g/mol. The number of hydrogen-bond donors (Lipinski definition) is 0. The van der Waals surface area contributed by atoms with E-state index in [0.717, 1.165) is 107 Å². The molecule has 0 aromatic carbocycles. The number of carbonyl (C=O) groups excluding carboxylic acids is 2. The van der Waals surface area contributed by atoms with E-state index < -0.39 is 0 Å². The van der Waals surface area contributed by atoms with Crippen molar-refractivity contribution < 1.29 is 19.1 Å². The summed E-state index contributed by atoms with van der Waals surface area (Å²) >= 11 is 0. The number of rotatable bonds is 8. The quantitative estimate of drug-likeness (QED) is 0.259. The molecular formula is C42H68N2O4. The minimum atomic E-state index is -0.215. The van der Waals surface area contributed by atoms with Gasteiger partial charge in [-0.3, -0.25) is 0 Å². The molecule has 9 fully saturated rings. The minimum absolute atomic E-state index is 0.0159. The fourth-order valence-electron chi connectivity index (χ4n) is 13.5. The summed E-state index contributed by atoms with van der Waals surface area (Å²) in [7, 11) is 0. The third kappa shape index (κ3) is 6.79. The Bertz CT molecular complexity index is 1090. The molecule has 0 saturated heterocycles.